The molecule has 2 aromatic carbocycles. The number of fused-ring (bicyclic) bond motifs is 1. The van der Waals surface area contributed by atoms with E-state index >= 15 is 0 Å². The molecular formula is C16H14O5. The van der Waals surface area contributed by atoms with Gasteiger partial charge in [-0.3, -0.25) is 4.79 Å². The fourth-order valence-electron chi connectivity index (χ4n) is 2.80. The quantitative estimate of drug-likeness (QED) is 0.639. The third kappa shape index (κ3) is 2.21. The second-order valence-corrected chi connectivity index (χ2v) is 5.20. The molecule has 0 bridgehead atoms. The van der Waals surface area contributed by atoms with Crippen LogP contribution in [0.4, 0.5) is 0 Å². The molecule has 0 radical (unpaired) electrons. The van der Waals surface area contributed by atoms with E-state index in [1.807, 2.05) is 0 Å². The van der Waals surface area contributed by atoms with Gasteiger partial charge in [-0.05, 0) is 23.8 Å². The van der Waals surface area contributed by atoms with Crippen LogP contribution in [0.1, 0.15) is 27.4 Å². The first kappa shape index (κ1) is 13.5. The summed E-state index contributed by atoms with van der Waals surface area (Å²) in [5.41, 5.74) is 1.15. The van der Waals surface area contributed by atoms with Crippen LogP contribution >= 0.6 is 0 Å². The van der Waals surface area contributed by atoms with Crippen molar-refractivity contribution in [3.8, 4) is 17.2 Å². The number of rotatable bonds is 1. The fraction of sp³-hybridized carbons (Fsp3) is 0.188. The molecule has 4 N–H and O–H groups in total. The molecule has 2 unspecified atom stereocenters. The molecule has 0 heterocycles. The first-order valence-corrected chi connectivity index (χ1v) is 6.53. The SMILES string of the molecule is O=C1c2cc(O)cc(O)c2CC(O)C1c1ccc(O)cc1. The predicted molar refractivity (Wildman–Crippen MR) is 74.7 cm³/mol. The number of Topliss-reactive ketones (excluding diaryl/α,β-unsaturated/α-hetero) is 1. The van der Waals surface area contributed by atoms with Gasteiger partial charge in [-0.25, -0.2) is 0 Å². The van der Waals surface area contributed by atoms with Crippen LogP contribution in [0.2, 0.25) is 0 Å². The van der Waals surface area contributed by atoms with E-state index in [1.165, 1.54) is 18.2 Å². The zero-order valence-electron chi connectivity index (χ0n) is 11.0. The molecule has 2 aromatic rings. The number of hydrogen-bond donors (Lipinski definition) is 4. The summed E-state index contributed by atoms with van der Waals surface area (Å²) in [4.78, 5) is 12.6. The largest absolute Gasteiger partial charge is 0.508 e. The van der Waals surface area contributed by atoms with Crippen molar-refractivity contribution in [2.24, 2.45) is 0 Å². The van der Waals surface area contributed by atoms with Gasteiger partial charge in [0.2, 0.25) is 0 Å². The molecule has 0 saturated heterocycles. The maximum Gasteiger partial charge on any atom is 0.173 e. The van der Waals surface area contributed by atoms with Crippen LogP contribution in [0.25, 0.3) is 0 Å². The van der Waals surface area contributed by atoms with E-state index in [9.17, 15) is 25.2 Å². The summed E-state index contributed by atoms with van der Waals surface area (Å²) < 4.78 is 0. The Hall–Kier alpha value is -2.53. The van der Waals surface area contributed by atoms with Crippen LogP contribution in [0.5, 0.6) is 17.2 Å². The van der Waals surface area contributed by atoms with Crippen LogP contribution < -0.4 is 0 Å². The lowest BCUT2D eigenvalue weighted by Gasteiger charge is -2.29. The highest BCUT2D eigenvalue weighted by molar-refractivity contribution is 6.04. The smallest absolute Gasteiger partial charge is 0.173 e. The number of hydrogen-bond acceptors (Lipinski definition) is 5. The van der Waals surface area contributed by atoms with Crippen molar-refractivity contribution >= 4 is 5.78 Å². The molecule has 0 amide bonds. The van der Waals surface area contributed by atoms with Gasteiger partial charge in [-0.1, -0.05) is 12.1 Å². The Balaban J connectivity index is 2.09. The van der Waals surface area contributed by atoms with Gasteiger partial charge in [-0.15, -0.1) is 0 Å². The number of phenolic OH excluding ortho intramolecular Hbond substituents is 3. The summed E-state index contributed by atoms with van der Waals surface area (Å²) in [5.74, 6) is -1.45. The van der Waals surface area contributed by atoms with Gasteiger partial charge in [-0.2, -0.15) is 0 Å². The van der Waals surface area contributed by atoms with Gasteiger partial charge < -0.3 is 20.4 Å². The predicted octanol–water partition coefficient (Wildman–Crippen LogP) is 1.69. The van der Waals surface area contributed by atoms with E-state index in [-0.39, 0.29) is 35.0 Å². The Morgan fingerprint density at radius 3 is 2.29 bits per heavy atom. The average Bonchev–Trinajstić information content (AvgIpc) is 2.42. The first-order chi connectivity index (χ1) is 9.97. The number of aliphatic hydroxyl groups is 1. The normalized spacial score (nSPS) is 21.1. The number of aliphatic hydroxyl groups excluding tert-OH is 1. The average molecular weight is 286 g/mol. The minimum Gasteiger partial charge on any atom is -0.508 e. The summed E-state index contributed by atoms with van der Waals surface area (Å²) in [5, 5.41) is 38.9. The van der Waals surface area contributed by atoms with E-state index in [4.69, 9.17) is 0 Å². The molecular weight excluding hydrogens is 272 g/mol. The second-order valence-electron chi connectivity index (χ2n) is 5.20. The third-order valence-electron chi connectivity index (χ3n) is 3.81. The van der Waals surface area contributed by atoms with Crippen molar-refractivity contribution < 1.29 is 25.2 Å². The van der Waals surface area contributed by atoms with Gasteiger partial charge in [0.25, 0.3) is 0 Å². The molecule has 0 spiro atoms. The van der Waals surface area contributed by atoms with Crippen LogP contribution in [-0.2, 0) is 6.42 Å². The van der Waals surface area contributed by atoms with Gasteiger partial charge in [0.1, 0.15) is 17.2 Å². The van der Waals surface area contributed by atoms with E-state index in [0.717, 1.165) is 6.07 Å². The maximum absolute atomic E-state index is 12.6. The van der Waals surface area contributed by atoms with Crippen molar-refractivity contribution in [2.45, 2.75) is 18.4 Å². The van der Waals surface area contributed by atoms with E-state index in [2.05, 4.69) is 0 Å². The highest BCUT2D eigenvalue weighted by Crippen LogP contribution is 2.39. The van der Waals surface area contributed by atoms with Gasteiger partial charge in [0.05, 0.1) is 12.0 Å². The Bertz CT molecular complexity index is 705. The lowest BCUT2D eigenvalue weighted by molar-refractivity contribution is 0.0774. The molecule has 0 aliphatic heterocycles. The topological polar surface area (TPSA) is 98.0 Å². The van der Waals surface area contributed by atoms with Crippen LogP contribution in [0.3, 0.4) is 0 Å². The first-order valence-electron chi connectivity index (χ1n) is 6.53. The minimum absolute atomic E-state index is 0.0761. The van der Waals surface area contributed by atoms with E-state index in [0.29, 0.717) is 11.1 Å². The summed E-state index contributed by atoms with van der Waals surface area (Å²) in [6, 6.07) is 8.51. The van der Waals surface area contributed by atoms with Crippen LogP contribution in [0.15, 0.2) is 36.4 Å². The third-order valence-corrected chi connectivity index (χ3v) is 3.81. The molecule has 21 heavy (non-hydrogen) atoms. The number of phenols is 3. The molecule has 0 saturated carbocycles. The van der Waals surface area contributed by atoms with Crippen molar-refractivity contribution in [3.63, 3.8) is 0 Å². The molecule has 108 valence electrons. The van der Waals surface area contributed by atoms with Crippen molar-refractivity contribution in [1.29, 1.82) is 0 Å². The molecule has 3 rings (SSSR count). The molecule has 0 fully saturated rings. The van der Waals surface area contributed by atoms with Crippen molar-refractivity contribution in [3.05, 3.63) is 53.1 Å². The summed E-state index contributed by atoms with van der Waals surface area (Å²) >= 11 is 0. The fourth-order valence-corrected chi connectivity index (χ4v) is 2.80. The molecule has 0 aromatic heterocycles. The van der Waals surface area contributed by atoms with E-state index < -0.39 is 12.0 Å². The minimum atomic E-state index is -0.968. The lowest BCUT2D eigenvalue weighted by atomic mass is 9.76. The summed E-state index contributed by atoms with van der Waals surface area (Å²) in [6.07, 6.45) is -0.844. The Morgan fingerprint density at radius 2 is 1.62 bits per heavy atom. The van der Waals surface area contributed by atoms with Crippen LogP contribution in [0, 0.1) is 0 Å². The Labute approximate surface area is 120 Å². The highest BCUT2D eigenvalue weighted by atomic mass is 16.3. The van der Waals surface area contributed by atoms with E-state index in [1.54, 1.807) is 12.1 Å². The Kier molecular flexibility index (Phi) is 3.07. The monoisotopic (exact) mass is 286 g/mol. The number of aromatic hydroxyl groups is 3. The summed E-state index contributed by atoms with van der Waals surface area (Å²) in [6.45, 7) is 0. The zero-order chi connectivity index (χ0) is 15.1. The number of benzene rings is 2. The standard InChI is InChI=1S/C16H14O5/c17-9-3-1-8(2-4-9)15-14(20)7-11-12(16(15)21)5-10(18)6-13(11)19/h1-6,14-15,17-20H,7H2. The zero-order valence-corrected chi connectivity index (χ0v) is 11.0. The lowest BCUT2D eigenvalue weighted by Crippen LogP contribution is -2.33. The van der Waals surface area contributed by atoms with Crippen LogP contribution in [-0.4, -0.2) is 32.3 Å². The number of carbonyl (C=O) groups is 1. The molecule has 2 atom stereocenters. The van der Waals surface area contributed by atoms with Gasteiger partial charge >= 0.3 is 0 Å². The second kappa shape index (κ2) is 4.79. The molecule has 5 nitrogen and oxygen atoms in total. The molecule has 1 aliphatic rings. The van der Waals surface area contributed by atoms with Gasteiger partial charge in [0.15, 0.2) is 5.78 Å². The maximum atomic E-state index is 12.6. The molecule has 1 aliphatic carbocycles. The van der Waals surface area contributed by atoms with Crippen molar-refractivity contribution in [2.75, 3.05) is 0 Å². The highest BCUT2D eigenvalue weighted by Gasteiger charge is 2.37. The van der Waals surface area contributed by atoms with Crippen molar-refractivity contribution in [1.82, 2.24) is 0 Å². The number of ketones is 1. The summed E-state index contributed by atoms with van der Waals surface area (Å²) in [7, 11) is 0. The molecule has 5 heteroatoms. The van der Waals surface area contributed by atoms with Gasteiger partial charge in [0, 0.05) is 23.6 Å². The Morgan fingerprint density at radius 1 is 0.952 bits per heavy atom. The number of carbonyl (C=O) groups excluding carboxylic acids is 1.